The standard InChI is InChI=1S/C13H18N2/c1-9-3-4-12-11(7-9)10-5-6-14-8-13(10)15(12)2/h3-4,7,10,13-14H,5-6,8H2,1-2H3. The molecule has 1 saturated heterocycles. The number of hydrogen-bond donors (Lipinski definition) is 1. The predicted molar refractivity (Wildman–Crippen MR) is 63.6 cm³/mol. The third-order valence-electron chi connectivity index (χ3n) is 3.91. The van der Waals surface area contributed by atoms with Gasteiger partial charge in [0.2, 0.25) is 0 Å². The Hall–Kier alpha value is -1.02. The number of benzene rings is 1. The summed E-state index contributed by atoms with van der Waals surface area (Å²) >= 11 is 0. The largest absolute Gasteiger partial charge is 0.369 e. The van der Waals surface area contributed by atoms with Gasteiger partial charge in [-0.15, -0.1) is 0 Å². The number of nitrogens with one attached hydrogen (secondary N) is 1. The van der Waals surface area contributed by atoms with Crippen molar-refractivity contribution >= 4 is 5.69 Å². The number of anilines is 1. The highest BCUT2D eigenvalue weighted by Gasteiger charge is 2.37. The fourth-order valence-electron chi connectivity index (χ4n) is 3.08. The van der Waals surface area contributed by atoms with Crippen molar-refractivity contribution in [2.24, 2.45) is 0 Å². The Balaban J connectivity index is 2.07. The first kappa shape index (κ1) is 9.22. The molecule has 3 rings (SSSR count). The Bertz CT molecular complexity index is 386. The van der Waals surface area contributed by atoms with E-state index in [4.69, 9.17) is 0 Å². The molecule has 0 amide bonds. The first-order chi connectivity index (χ1) is 7.27. The van der Waals surface area contributed by atoms with E-state index in [1.54, 1.807) is 5.56 Å². The van der Waals surface area contributed by atoms with Gasteiger partial charge in [-0.05, 0) is 31.5 Å². The number of hydrogen-bond acceptors (Lipinski definition) is 2. The SMILES string of the molecule is Cc1ccc2c(c1)C1CCNCC1N2C. The van der Waals surface area contributed by atoms with Gasteiger partial charge in [0, 0.05) is 31.2 Å². The molecule has 0 aliphatic carbocycles. The molecule has 2 heterocycles. The van der Waals surface area contributed by atoms with E-state index in [9.17, 15) is 0 Å². The molecule has 1 aromatic rings. The average molecular weight is 202 g/mol. The number of likely N-dealkylation sites (N-methyl/N-ethyl adjacent to an activating group) is 1. The summed E-state index contributed by atoms with van der Waals surface area (Å²) in [5, 5.41) is 3.49. The highest BCUT2D eigenvalue weighted by molar-refractivity contribution is 5.62. The van der Waals surface area contributed by atoms with Crippen molar-refractivity contribution in [1.82, 2.24) is 5.32 Å². The molecule has 0 saturated carbocycles. The van der Waals surface area contributed by atoms with Crippen LogP contribution in [0.2, 0.25) is 0 Å². The fourth-order valence-corrected chi connectivity index (χ4v) is 3.08. The second kappa shape index (κ2) is 3.24. The molecule has 2 unspecified atom stereocenters. The van der Waals surface area contributed by atoms with Crippen LogP contribution in [0.4, 0.5) is 5.69 Å². The third kappa shape index (κ3) is 1.28. The number of fused-ring (bicyclic) bond motifs is 3. The van der Waals surface area contributed by atoms with Crippen molar-refractivity contribution in [3.8, 4) is 0 Å². The maximum Gasteiger partial charge on any atom is 0.0481 e. The van der Waals surface area contributed by atoms with Crippen molar-refractivity contribution in [2.75, 3.05) is 25.0 Å². The molecule has 1 fully saturated rings. The lowest BCUT2D eigenvalue weighted by atomic mass is 9.88. The molecule has 2 aliphatic heterocycles. The van der Waals surface area contributed by atoms with Crippen LogP contribution in [0, 0.1) is 6.92 Å². The quantitative estimate of drug-likeness (QED) is 0.691. The molecule has 1 N–H and O–H groups in total. The Labute approximate surface area is 91.3 Å². The molecule has 0 bridgehead atoms. The molecule has 0 aromatic heterocycles. The summed E-state index contributed by atoms with van der Waals surface area (Å²) in [5.41, 5.74) is 4.41. The van der Waals surface area contributed by atoms with Gasteiger partial charge in [-0.1, -0.05) is 17.7 Å². The van der Waals surface area contributed by atoms with Crippen molar-refractivity contribution in [3.63, 3.8) is 0 Å². The summed E-state index contributed by atoms with van der Waals surface area (Å²) in [6.45, 7) is 4.49. The van der Waals surface area contributed by atoms with E-state index < -0.39 is 0 Å². The molecule has 0 spiro atoms. The third-order valence-corrected chi connectivity index (χ3v) is 3.91. The van der Waals surface area contributed by atoms with Crippen LogP contribution in [-0.2, 0) is 0 Å². The average Bonchev–Trinajstić information content (AvgIpc) is 2.54. The van der Waals surface area contributed by atoms with Gasteiger partial charge >= 0.3 is 0 Å². The van der Waals surface area contributed by atoms with Gasteiger partial charge in [0.15, 0.2) is 0 Å². The maximum absolute atomic E-state index is 3.49. The molecule has 15 heavy (non-hydrogen) atoms. The van der Waals surface area contributed by atoms with Crippen LogP contribution in [0.15, 0.2) is 18.2 Å². The number of aryl methyl sites for hydroxylation is 1. The zero-order valence-corrected chi connectivity index (χ0v) is 9.46. The lowest BCUT2D eigenvalue weighted by molar-refractivity contribution is 0.413. The number of rotatable bonds is 0. The minimum atomic E-state index is 0.676. The van der Waals surface area contributed by atoms with Crippen LogP contribution in [0.5, 0.6) is 0 Å². The molecular weight excluding hydrogens is 184 g/mol. The van der Waals surface area contributed by atoms with Crippen LogP contribution in [0.1, 0.15) is 23.5 Å². The fraction of sp³-hybridized carbons (Fsp3) is 0.538. The minimum Gasteiger partial charge on any atom is -0.369 e. The Morgan fingerprint density at radius 3 is 3.13 bits per heavy atom. The zero-order chi connectivity index (χ0) is 10.4. The summed E-state index contributed by atoms with van der Waals surface area (Å²) in [6, 6.07) is 7.56. The van der Waals surface area contributed by atoms with Crippen LogP contribution in [0.3, 0.4) is 0 Å². The highest BCUT2D eigenvalue weighted by Crippen LogP contribution is 2.42. The van der Waals surface area contributed by atoms with E-state index in [1.807, 2.05) is 0 Å². The summed E-state index contributed by atoms with van der Waals surface area (Å²) in [4.78, 5) is 2.45. The summed E-state index contributed by atoms with van der Waals surface area (Å²) in [6.07, 6.45) is 1.28. The first-order valence-electron chi connectivity index (χ1n) is 5.81. The van der Waals surface area contributed by atoms with Gasteiger partial charge in [-0.3, -0.25) is 0 Å². The summed E-state index contributed by atoms with van der Waals surface area (Å²) < 4.78 is 0. The van der Waals surface area contributed by atoms with Crippen LogP contribution in [0.25, 0.3) is 0 Å². The van der Waals surface area contributed by atoms with Crippen molar-refractivity contribution in [1.29, 1.82) is 0 Å². The van der Waals surface area contributed by atoms with Gasteiger partial charge in [0.1, 0.15) is 0 Å². The minimum absolute atomic E-state index is 0.676. The monoisotopic (exact) mass is 202 g/mol. The number of nitrogens with zero attached hydrogens (tertiary/aromatic N) is 1. The number of piperidine rings is 1. The second-order valence-electron chi connectivity index (χ2n) is 4.84. The Kier molecular flexibility index (Phi) is 1.99. The molecule has 80 valence electrons. The van der Waals surface area contributed by atoms with Gasteiger partial charge in [-0.25, -0.2) is 0 Å². The van der Waals surface area contributed by atoms with Gasteiger partial charge in [0.05, 0.1) is 0 Å². The highest BCUT2D eigenvalue weighted by atomic mass is 15.2. The topological polar surface area (TPSA) is 15.3 Å². The molecule has 2 atom stereocenters. The Morgan fingerprint density at radius 2 is 2.27 bits per heavy atom. The zero-order valence-electron chi connectivity index (χ0n) is 9.46. The molecule has 0 radical (unpaired) electrons. The van der Waals surface area contributed by atoms with E-state index >= 15 is 0 Å². The van der Waals surface area contributed by atoms with E-state index in [-0.39, 0.29) is 0 Å². The van der Waals surface area contributed by atoms with E-state index in [0.717, 1.165) is 12.5 Å². The predicted octanol–water partition coefficient (Wildman–Crippen LogP) is 1.89. The molecule has 2 nitrogen and oxygen atoms in total. The van der Waals surface area contributed by atoms with Crippen molar-refractivity contribution in [3.05, 3.63) is 29.3 Å². The smallest absolute Gasteiger partial charge is 0.0481 e. The summed E-state index contributed by atoms with van der Waals surface area (Å²) in [7, 11) is 2.23. The maximum atomic E-state index is 3.49. The van der Waals surface area contributed by atoms with E-state index in [2.05, 4.69) is 42.4 Å². The van der Waals surface area contributed by atoms with E-state index in [1.165, 1.54) is 24.2 Å². The van der Waals surface area contributed by atoms with E-state index in [0.29, 0.717) is 6.04 Å². The normalized spacial score (nSPS) is 28.8. The second-order valence-corrected chi connectivity index (χ2v) is 4.84. The lowest BCUT2D eigenvalue weighted by Crippen LogP contribution is -2.44. The molecule has 2 heteroatoms. The summed E-state index contributed by atoms with van der Waals surface area (Å²) in [5.74, 6) is 0.756. The van der Waals surface area contributed by atoms with Gasteiger partial charge < -0.3 is 10.2 Å². The van der Waals surface area contributed by atoms with Crippen LogP contribution < -0.4 is 10.2 Å². The molecule has 2 aliphatic rings. The van der Waals surface area contributed by atoms with Gasteiger partial charge in [0.25, 0.3) is 0 Å². The lowest BCUT2D eigenvalue weighted by Gasteiger charge is -2.31. The first-order valence-corrected chi connectivity index (χ1v) is 5.81. The van der Waals surface area contributed by atoms with Crippen molar-refractivity contribution in [2.45, 2.75) is 25.3 Å². The Morgan fingerprint density at radius 1 is 1.40 bits per heavy atom. The molecular formula is C13H18N2. The van der Waals surface area contributed by atoms with Crippen molar-refractivity contribution < 1.29 is 0 Å². The molecule has 1 aromatic carbocycles. The van der Waals surface area contributed by atoms with Gasteiger partial charge in [-0.2, -0.15) is 0 Å². The van der Waals surface area contributed by atoms with Crippen LogP contribution >= 0.6 is 0 Å². The van der Waals surface area contributed by atoms with Crippen LogP contribution in [-0.4, -0.2) is 26.2 Å².